The molecular formula is C13H22N2O3. The van der Waals surface area contributed by atoms with Crippen LogP contribution in [0.3, 0.4) is 0 Å². The molecule has 0 saturated carbocycles. The number of aryl methyl sites for hydroxylation is 1. The normalized spacial score (nSPS) is 11.5. The van der Waals surface area contributed by atoms with Crippen molar-refractivity contribution >= 4 is 11.6 Å². The zero-order chi connectivity index (χ0) is 14.1. The summed E-state index contributed by atoms with van der Waals surface area (Å²) in [6.45, 7) is 5.97. The Labute approximate surface area is 108 Å². The van der Waals surface area contributed by atoms with Crippen LogP contribution in [0.4, 0.5) is 5.69 Å². The molecule has 0 unspecified atom stereocenters. The van der Waals surface area contributed by atoms with Gasteiger partial charge in [-0.25, -0.2) is 0 Å². The Morgan fingerprint density at radius 2 is 1.89 bits per heavy atom. The number of carbonyl (C=O) groups is 1. The van der Waals surface area contributed by atoms with Crippen molar-refractivity contribution in [1.82, 2.24) is 0 Å². The predicted molar refractivity (Wildman–Crippen MR) is 68.3 cm³/mol. The monoisotopic (exact) mass is 254 g/mol. The number of nitrogens with one attached hydrogen (secondary N) is 1. The molecule has 0 fully saturated rings. The third kappa shape index (κ3) is 5.77. The fourth-order valence-corrected chi connectivity index (χ4v) is 1.24. The van der Waals surface area contributed by atoms with Gasteiger partial charge in [-0.05, 0) is 18.6 Å². The Morgan fingerprint density at radius 1 is 1.39 bits per heavy atom. The SMILES string of the molecule is CO[O-].Cc1ccccc1NC(=O)[C@@H]([NH3+])C(C)C. The van der Waals surface area contributed by atoms with Crippen LogP contribution in [-0.2, 0) is 9.68 Å². The number of amides is 1. The highest BCUT2D eigenvalue weighted by Crippen LogP contribution is 2.13. The summed E-state index contributed by atoms with van der Waals surface area (Å²) < 4.78 is 0. The molecule has 0 aliphatic rings. The van der Waals surface area contributed by atoms with Gasteiger partial charge in [0.2, 0.25) is 0 Å². The van der Waals surface area contributed by atoms with Gasteiger partial charge in [0.15, 0.2) is 6.04 Å². The molecule has 1 amide bonds. The van der Waals surface area contributed by atoms with E-state index in [9.17, 15) is 4.79 Å². The molecule has 1 aromatic carbocycles. The van der Waals surface area contributed by atoms with Crippen LogP contribution in [0.25, 0.3) is 0 Å². The average Bonchev–Trinajstić information content (AvgIpc) is 2.32. The second-order valence-corrected chi connectivity index (χ2v) is 4.32. The third-order valence-corrected chi connectivity index (χ3v) is 2.54. The van der Waals surface area contributed by atoms with Gasteiger partial charge in [-0.15, -0.1) is 0 Å². The number of rotatable bonds is 3. The summed E-state index contributed by atoms with van der Waals surface area (Å²) in [5, 5.41) is 11.3. The molecule has 0 heterocycles. The number of benzene rings is 1. The summed E-state index contributed by atoms with van der Waals surface area (Å²) in [6, 6.07) is 7.54. The van der Waals surface area contributed by atoms with Crippen molar-refractivity contribution in [3.05, 3.63) is 29.8 Å². The molecule has 5 nitrogen and oxygen atoms in total. The minimum Gasteiger partial charge on any atom is -0.724 e. The second kappa shape index (κ2) is 8.63. The number of quaternary nitrogens is 1. The Hall–Kier alpha value is -1.43. The number of carbonyl (C=O) groups excluding carboxylic acids is 1. The topological polar surface area (TPSA) is 89.0 Å². The van der Waals surface area contributed by atoms with E-state index in [0.717, 1.165) is 18.4 Å². The van der Waals surface area contributed by atoms with Crippen molar-refractivity contribution in [1.29, 1.82) is 0 Å². The molecule has 0 saturated heterocycles. The van der Waals surface area contributed by atoms with Gasteiger partial charge < -0.3 is 21.2 Å². The Morgan fingerprint density at radius 3 is 2.33 bits per heavy atom. The van der Waals surface area contributed by atoms with Crippen LogP contribution < -0.4 is 16.3 Å². The second-order valence-electron chi connectivity index (χ2n) is 4.32. The molecule has 5 heteroatoms. The van der Waals surface area contributed by atoms with Crippen molar-refractivity contribution in [3.8, 4) is 0 Å². The van der Waals surface area contributed by atoms with Crippen molar-refractivity contribution in [3.63, 3.8) is 0 Å². The number of anilines is 1. The van der Waals surface area contributed by atoms with E-state index in [0.29, 0.717) is 0 Å². The molecule has 0 aliphatic carbocycles. The fraction of sp³-hybridized carbons (Fsp3) is 0.462. The van der Waals surface area contributed by atoms with Gasteiger partial charge in [0.05, 0.1) is 0 Å². The molecular weight excluding hydrogens is 232 g/mol. The lowest BCUT2D eigenvalue weighted by Gasteiger charge is -2.13. The van der Waals surface area contributed by atoms with E-state index in [1.54, 1.807) is 0 Å². The minimum absolute atomic E-state index is 0.0145. The largest absolute Gasteiger partial charge is 0.724 e. The summed E-state index contributed by atoms with van der Waals surface area (Å²) >= 11 is 0. The van der Waals surface area contributed by atoms with Crippen molar-refractivity contribution in [2.45, 2.75) is 26.8 Å². The van der Waals surface area contributed by atoms with Crippen LogP contribution in [0.15, 0.2) is 24.3 Å². The van der Waals surface area contributed by atoms with E-state index in [4.69, 9.17) is 5.26 Å². The maximum absolute atomic E-state index is 11.7. The standard InChI is InChI=1S/C12H18N2O.CH4O2/c1-8(2)11(13)12(15)14-10-7-5-4-6-9(10)3;1-3-2/h4-8,11H,13H2,1-3H3,(H,14,15);2H,1H3/t11-;/m0./s1. The maximum Gasteiger partial charge on any atom is 0.282 e. The van der Waals surface area contributed by atoms with Gasteiger partial charge in [0, 0.05) is 18.7 Å². The highest BCUT2D eigenvalue weighted by Gasteiger charge is 2.21. The van der Waals surface area contributed by atoms with Crippen LogP contribution in [0.5, 0.6) is 0 Å². The number of para-hydroxylation sites is 1. The van der Waals surface area contributed by atoms with Gasteiger partial charge in [-0.3, -0.25) is 4.79 Å². The Balaban J connectivity index is 0.000000873. The summed E-state index contributed by atoms with van der Waals surface area (Å²) in [7, 11) is 1.07. The highest BCUT2D eigenvalue weighted by atomic mass is 17.1. The van der Waals surface area contributed by atoms with E-state index in [1.807, 2.05) is 45.0 Å². The van der Waals surface area contributed by atoms with Crippen LogP contribution in [-0.4, -0.2) is 19.1 Å². The summed E-state index contributed by atoms with van der Waals surface area (Å²) in [5.74, 6) is 0.244. The Bertz CT molecular complexity index is 367. The quantitative estimate of drug-likeness (QED) is 0.592. The van der Waals surface area contributed by atoms with E-state index in [1.165, 1.54) is 0 Å². The fourth-order valence-electron chi connectivity index (χ4n) is 1.24. The smallest absolute Gasteiger partial charge is 0.282 e. The zero-order valence-corrected chi connectivity index (χ0v) is 11.4. The lowest BCUT2D eigenvalue weighted by Crippen LogP contribution is -2.68. The van der Waals surface area contributed by atoms with E-state index >= 15 is 0 Å². The molecule has 1 aromatic rings. The number of hydrogen-bond acceptors (Lipinski definition) is 3. The van der Waals surface area contributed by atoms with Gasteiger partial charge in [-0.2, -0.15) is 0 Å². The van der Waals surface area contributed by atoms with Crippen LogP contribution in [0, 0.1) is 12.8 Å². The minimum atomic E-state index is -0.204. The average molecular weight is 254 g/mol. The van der Waals surface area contributed by atoms with Crippen molar-refractivity contribution in [2.75, 3.05) is 12.4 Å². The lowest BCUT2D eigenvalue weighted by atomic mass is 10.0. The van der Waals surface area contributed by atoms with Crippen molar-refractivity contribution < 1.29 is 20.7 Å². The molecule has 18 heavy (non-hydrogen) atoms. The molecule has 4 N–H and O–H groups in total. The summed E-state index contributed by atoms with van der Waals surface area (Å²) in [6.07, 6.45) is 0. The molecule has 0 aliphatic heterocycles. The maximum atomic E-state index is 11.7. The van der Waals surface area contributed by atoms with Gasteiger partial charge in [-0.1, -0.05) is 32.0 Å². The molecule has 1 atom stereocenters. The highest BCUT2D eigenvalue weighted by molar-refractivity contribution is 5.94. The Kier molecular flexibility index (Phi) is 7.94. The summed E-state index contributed by atoms with van der Waals surface area (Å²) in [4.78, 5) is 14.7. The molecule has 102 valence electrons. The molecule has 0 radical (unpaired) electrons. The number of hydrogen-bond donors (Lipinski definition) is 2. The van der Waals surface area contributed by atoms with Gasteiger partial charge >= 0.3 is 0 Å². The first-order valence-electron chi connectivity index (χ1n) is 5.79. The van der Waals surface area contributed by atoms with E-state index in [-0.39, 0.29) is 17.9 Å². The molecule has 0 spiro atoms. The third-order valence-electron chi connectivity index (χ3n) is 2.54. The first-order valence-corrected chi connectivity index (χ1v) is 5.79. The molecule has 1 rings (SSSR count). The van der Waals surface area contributed by atoms with Crippen LogP contribution in [0.2, 0.25) is 0 Å². The first-order chi connectivity index (χ1) is 8.43. The van der Waals surface area contributed by atoms with E-state index < -0.39 is 0 Å². The van der Waals surface area contributed by atoms with Gasteiger partial charge in [0.25, 0.3) is 5.91 Å². The predicted octanol–water partition coefficient (Wildman–Crippen LogP) is 0.108. The lowest BCUT2D eigenvalue weighted by molar-refractivity contribution is -0.679. The summed E-state index contributed by atoms with van der Waals surface area (Å²) in [5.41, 5.74) is 5.79. The zero-order valence-electron chi connectivity index (χ0n) is 11.4. The molecule has 0 aromatic heterocycles. The van der Waals surface area contributed by atoms with Crippen LogP contribution in [0.1, 0.15) is 19.4 Å². The van der Waals surface area contributed by atoms with Gasteiger partial charge in [0.1, 0.15) is 0 Å². The van der Waals surface area contributed by atoms with E-state index in [2.05, 4.69) is 15.9 Å². The molecule has 0 bridgehead atoms. The van der Waals surface area contributed by atoms with Crippen LogP contribution >= 0.6 is 0 Å². The first kappa shape index (κ1) is 16.6. The van der Waals surface area contributed by atoms with Crippen molar-refractivity contribution in [2.24, 2.45) is 5.92 Å².